The molecule has 1 N–H and O–H groups in total. The summed E-state index contributed by atoms with van der Waals surface area (Å²) in [6.07, 6.45) is 4.44. The van der Waals surface area contributed by atoms with E-state index in [1.807, 2.05) is 45.0 Å². The Hall–Kier alpha value is -3.65. The van der Waals surface area contributed by atoms with Crippen LogP contribution >= 0.6 is 0 Å². The van der Waals surface area contributed by atoms with Gasteiger partial charge in [-0.25, -0.2) is 8.42 Å². The van der Waals surface area contributed by atoms with E-state index >= 15 is 0 Å². The van der Waals surface area contributed by atoms with Crippen LogP contribution in [0.25, 0.3) is 0 Å². The number of anilines is 1. The largest absolute Gasteiger partial charge is 0.352 e. The van der Waals surface area contributed by atoms with E-state index in [0.29, 0.717) is 12.1 Å². The molecular formula is C32H39N3O4S. The first kappa shape index (κ1) is 29.3. The summed E-state index contributed by atoms with van der Waals surface area (Å²) in [7, 11) is -4.07. The number of benzene rings is 3. The standard InChI is InChI=1S/C32H39N3O4S/c1-4-30(32(37)33-27-13-8-9-14-27)34(22-26-12-10-11-25(3)21-26)31(36)23-35(28-15-6-5-7-16-28)40(38,39)29-19-17-24(2)18-20-29/h5-7,10-12,15-21,27,30H,4,8-9,13-14,22-23H2,1-3H3,(H,33,37). The van der Waals surface area contributed by atoms with E-state index in [9.17, 15) is 18.0 Å². The van der Waals surface area contributed by atoms with Gasteiger partial charge >= 0.3 is 0 Å². The Morgan fingerprint density at radius 3 is 2.20 bits per heavy atom. The van der Waals surface area contributed by atoms with Gasteiger partial charge in [0.05, 0.1) is 10.6 Å². The van der Waals surface area contributed by atoms with Gasteiger partial charge in [-0.15, -0.1) is 0 Å². The summed E-state index contributed by atoms with van der Waals surface area (Å²) >= 11 is 0. The van der Waals surface area contributed by atoms with Gasteiger partial charge in [-0.3, -0.25) is 13.9 Å². The first-order valence-corrected chi connectivity index (χ1v) is 15.4. The number of hydrogen-bond acceptors (Lipinski definition) is 4. The number of rotatable bonds is 11. The molecule has 1 aliphatic carbocycles. The molecule has 0 aliphatic heterocycles. The van der Waals surface area contributed by atoms with Crippen LogP contribution in [0.3, 0.4) is 0 Å². The lowest BCUT2D eigenvalue weighted by Crippen LogP contribution is -2.53. The third kappa shape index (κ3) is 7.10. The first-order valence-electron chi connectivity index (χ1n) is 14.0. The van der Waals surface area contributed by atoms with Gasteiger partial charge in [-0.1, -0.05) is 85.5 Å². The molecule has 1 saturated carbocycles. The summed E-state index contributed by atoms with van der Waals surface area (Å²) in [5.41, 5.74) is 3.24. The van der Waals surface area contributed by atoms with Crippen LogP contribution < -0.4 is 9.62 Å². The van der Waals surface area contributed by atoms with Crippen LogP contribution in [0.5, 0.6) is 0 Å². The molecule has 4 rings (SSSR count). The van der Waals surface area contributed by atoms with Crippen LogP contribution in [0.4, 0.5) is 5.69 Å². The van der Waals surface area contributed by atoms with Crippen LogP contribution in [0.2, 0.25) is 0 Å². The van der Waals surface area contributed by atoms with E-state index in [2.05, 4.69) is 5.32 Å². The van der Waals surface area contributed by atoms with Gasteiger partial charge < -0.3 is 10.2 Å². The van der Waals surface area contributed by atoms with Crippen molar-refractivity contribution >= 4 is 27.5 Å². The molecule has 0 bridgehead atoms. The van der Waals surface area contributed by atoms with Crippen molar-refractivity contribution in [3.8, 4) is 0 Å². The van der Waals surface area contributed by atoms with Gasteiger partial charge in [-0.2, -0.15) is 0 Å². The van der Waals surface area contributed by atoms with E-state index in [1.165, 1.54) is 0 Å². The molecule has 3 aromatic carbocycles. The second kappa shape index (κ2) is 13.1. The summed E-state index contributed by atoms with van der Waals surface area (Å²) in [6.45, 7) is 5.52. The zero-order chi connectivity index (χ0) is 28.7. The molecule has 0 radical (unpaired) electrons. The van der Waals surface area contributed by atoms with Crippen molar-refractivity contribution in [3.63, 3.8) is 0 Å². The topological polar surface area (TPSA) is 86.8 Å². The lowest BCUT2D eigenvalue weighted by molar-refractivity contribution is -0.140. The normalized spacial score (nSPS) is 14.5. The van der Waals surface area contributed by atoms with Crippen molar-refractivity contribution in [2.24, 2.45) is 0 Å². The Labute approximate surface area is 238 Å². The maximum absolute atomic E-state index is 14.1. The highest BCUT2D eigenvalue weighted by molar-refractivity contribution is 7.92. The molecule has 1 unspecified atom stereocenters. The molecular weight excluding hydrogens is 522 g/mol. The summed E-state index contributed by atoms with van der Waals surface area (Å²) in [5.74, 6) is -0.627. The average Bonchev–Trinajstić information content (AvgIpc) is 3.45. The number of nitrogens with one attached hydrogen (secondary N) is 1. The minimum atomic E-state index is -4.07. The Balaban J connectivity index is 1.69. The maximum atomic E-state index is 14.1. The van der Waals surface area contributed by atoms with Crippen LogP contribution in [-0.4, -0.2) is 43.8 Å². The van der Waals surface area contributed by atoms with Crippen LogP contribution in [0.15, 0.2) is 83.8 Å². The predicted molar refractivity (Wildman–Crippen MR) is 158 cm³/mol. The third-order valence-corrected chi connectivity index (χ3v) is 9.24. The highest BCUT2D eigenvalue weighted by Crippen LogP contribution is 2.25. The molecule has 1 aliphatic rings. The molecule has 0 spiro atoms. The second-order valence-corrected chi connectivity index (χ2v) is 12.4. The number of carbonyl (C=O) groups excluding carboxylic acids is 2. The molecule has 3 aromatic rings. The molecule has 8 heteroatoms. The molecule has 1 fully saturated rings. The number of aryl methyl sites for hydroxylation is 2. The van der Waals surface area contributed by atoms with Crippen LogP contribution in [-0.2, 0) is 26.2 Å². The highest BCUT2D eigenvalue weighted by Gasteiger charge is 2.34. The van der Waals surface area contributed by atoms with Crippen LogP contribution in [0, 0.1) is 13.8 Å². The van der Waals surface area contributed by atoms with E-state index < -0.39 is 28.5 Å². The second-order valence-electron chi connectivity index (χ2n) is 10.6. The third-order valence-electron chi connectivity index (χ3n) is 7.45. The molecule has 212 valence electrons. The van der Waals surface area contributed by atoms with E-state index in [-0.39, 0.29) is 23.4 Å². The van der Waals surface area contributed by atoms with Gasteiger partial charge in [0.1, 0.15) is 12.6 Å². The van der Waals surface area contributed by atoms with Crippen molar-refractivity contribution in [2.75, 3.05) is 10.8 Å². The van der Waals surface area contributed by atoms with Gasteiger partial charge in [0, 0.05) is 12.6 Å². The summed E-state index contributed by atoms with van der Waals surface area (Å²) in [5, 5.41) is 3.14. The Bertz CT molecular complexity index is 1400. The lowest BCUT2D eigenvalue weighted by atomic mass is 10.1. The van der Waals surface area contributed by atoms with E-state index in [0.717, 1.165) is 46.7 Å². The molecule has 40 heavy (non-hydrogen) atoms. The molecule has 2 amide bonds. The fourth-order valence-electron chi connectivity index (χ4n) is 5.25. The summed E-state index contributed by atoms with van der Waals surface area (Å²) < 4.78 is 28.9. The Morgan fingerprint density at radius 1 is 0.900 bits per heavy atom. The molecule has 0 aromatic heterocycles. The molecule has 0 heterocycles. The monoisotopic (exact) mass is 561 g/mol. The molecule has 0 saturated heterocycles. The van der Waals surface area contributed by atoms with Crippen molar-refractivity contribution in [2.45, 2.75) is 76.4 Å². The minimum absolute atomic E-state index is 0.103. The smallest absolute Gasteiger partial charge is 0.264 e. The highest BCUT2D eigenvalue weighted by atomic mass is 32.2. The first-order chi connectivity index (χ1) is 19.2. The zero-order valence-electron chi connectivity index (χ0n) is 23.5. The Kier molecular flexibility index (Phi) is 9.63. The number of sulfonamides is 1. The van der Waals surface area contributed by atoms with E-state index in [4.69, 9.17) is 0 Å². The summed E-state index contributed by atoms with van der Waals surface area (Å²) in [6, 6.07) is 22.4. The zero-order valence-corrected chi connectivity index (χ0v) is 24.4. The minimum Gasteiger partial charge on any atom is -0.352 e. The van der Waals surface area contributed by atoms with Crippen molar-refractivity contribution in [1.29, 1.82) is 0 Å². The van der Waals surface area contributed by atoms with E-state index in [1.54, 1.807) is 59.5 Å². The lowest BCUT2D eigenvalue weighted by Gasteiger charge is -2.33. The number of hydrogen-bond donors (Lipinski definition) is 1. The molecule has 1 atom stereocenters. The van der Waals surface area contributed by atoms with Crippen molar-refractivity contribution < 1.29 is 18.0 Å². The Morgan fingerprint density at radius 2 is 1.57 bits per heavy atom. The van der Waals surface area contributed by atoms with Gasteiger partial charge in [-0.05, 0) is 62.9 Å². The van der Waals surface area contributed by atoms with Crippen LogP contribution in [0.1, 0.15) is 55.7 Å². The SMILES string of the molecule is CCC(C(=O)NC1CCCC1)N(Cc1cccc(C)c1)C(=O)CN(c1ccccc1)S(=O)(=O)c1ccc(C)cc1. The fraction of sp³-hybridized carbons (Fsp3) is 0.375. The maximum Gasteiger partial charge on any atom is 0.264 e. The average molecular weight is 562 g/mol. The number of nitrogens with zero attached hydrogens (tertiary/aromatic N) is 2. The number of para-hydroxylation sites is 1. The molecule has 7 nitrogen and oxygen atoms in total. The summed E-state index contributed by atoms with van der Waals surface area (Å²) in [4.78, 5) is 29.3. The van der Waals surface area contributed by atoms with Gasteiger partial charge in [0.15, 0.2) is 0 Å². The quantitative estimate of drug-likeness (QED) is 0.341. The number of amides is 2. The van der Waals surface area contributed by atoms with Gasteiger partial charge in [0.25, 0.3) is 10.0 Å². The fourth-order valence-corrected chi connectivity index (χ4v) is 6.67. The van der Waals surface area contributed by atoms with Crippen molar-refractivity contribution in [3.05, 3.63) is 95.6 Å². The predicted octanol–water partition coefficient (Wildman–Crippen LogP) is 5.36. The number of carbonyl (C=O) groups is 2. The van der Waals surface area contributed by atoms with Gasteiger partial charge in [0.2, 0.25) is 11.8 Å². The van der Waals surface area contributed by atoms with Crippen molar-refractivity contribution in [1.82, 2.24) is 10.2 Å².